The standard InChI is InChI=1S/C12H19N5O3/c1-8(7-16(2)3)14-12(18)9-4-5-11(17(19)20)10(6-9)15-13/h4-6,8,15H,7,13H2,1-3H3,(H,14,18). The van der Waals surface area contributed by atoms with Gasteiger partial charge in [0.2, 0.25) is 0 Å². The third kappa shape index (κ3) is 4.18. The number of likely N-dealkylation sites (N-methyl/N-ethyl adjacent to an activating group) is 1. The molecule has 0 saturated heterocycles. The van der Waals surface area contributed by atoms with Gasteiger partial charge in [-0.2, -0.15) is 0 Å². The Morgan fingerprint density at radius 3 is 2.65 bits per heavy atom. The van der Waals surface area contributed by atoms with E-state index in [1.54, 1.807) is 0 Å². The maximum Gasteiger partial charge on any atom is 0.293 e. The van der Waals surface area contributed by atoms with Crippen molar-refractivity contribution in [2.24, 2.45) is 5.84 Å². The van der Waals surface area contributed by atoms with E-state index in [4.69, 9.17) is 5.84 Å². The van der Waals surface area contributed by atoms with Gasteiger partial charge in [0.25, 0.3) is 11.6 Å². The van der Waals surface area contributed by atoms with Gasteiger partial charge in [0.1, 0.15) is 5.69 Å². The summed E-state index contributed by atoms with van der Waals surface area (Å²) in [6.45, 7) is 2.58. The Bertz CT molecular complexity index is 504. The molecule has 1 aromatic rings. The summed E-state index contributed by atoms with van der Waals surface area (Å²) in [6.07, 6.45) is 0. The summed E-state index contributed by atoms with van der Waals surface area (Å²) in [5.41, 5.74) is 2.47. The summed E-state index contributed by atoms with van der Waals surface area (Å²) >= 11 is 0. The lowest BCUT2D eigenvalue weighted by molar-refractivity contribution is -0.384. The normalized spacial score (nSPS) is 12.1. The molecule has 0 radical (unpaired) electrons. The molecule has 0 heterocycles. The number of nitrogens with one attached hydrogen (secondary N) is 2. The highest BCUT2D eigenvalue weighted by molar-refractivity contribution is 5.96. The lowest BCUT2D eigenvalue weighted by atomic mass is 10.1. The van der Waals surface area contributed by atoms with E-state index in [0.717, 1.165) is 0 Å². The number of nitrogens with two attached hydrogens (primary N) is 1. The number of hydrazine groups is 1. The number of benzene rings is 1. The van der Waals surface area contributed by atoms with Crippen molar-refractivity contribution >= 4 is 17.3 Å². The molecule has 8 nitrogen and oxygen atoms in total. The second kappa shape index (κ2) is 6.83. The fourth-order valence-corrected chi connectivity index (χ4v) is 1.85. The molecule has 1 rings (SSSR count). The van der Waals surface area contributed by atoms with Gasteiger partial charge in [-0.15, -0.1) is 0 Å². The molecule has 0 aliphatic heterocycles. The van der Waals surface area contributed by atoms with Crippen molar-refractivity contribution in [3.8, 4) is 0 Å². The number of nitro benzene ring substituents is 1. The van der Waals surface area contributed by atoms with E-state index in [0.29, 0.717) is 12.1 Å². The minimum atomic E-state index is -0.564. The Morgan fingerprint density at radius 2 is 2.15 bits per heavy atom. The van der Waals surface area contributed by atoms with Gasteiger partial charge in [-0.05, 0) is 33.2 Å². The van der Waals surface area contributed by atoms with Gasteiger partial charge in [-0.3, -0.25) is 20.8 Å². The zero-order valence-electron chi connectivity index (χ0n) is 11.7. The number of carbonyl (C=O) groups excluding carboxylic acids is 1. The van der Waals surface area contributed by atoms with Gasteiger partial charge in [0.05, 0.1) is 4.92 Å². The fraction of sp³-hybridized carbons (Fsp3) is 0.417. The van der Waals surface area contributed by atoms with Gasteiger partial charge in [0.15, 0.2) is 0 Å². The van der Waals surface area contributed by atoms with Crippen LogP contribution in [0, 0.1) is 10.1 Å². The Balaban J connectivity index is 2.86. The molecule has 1 atom stereocenters. The summed E-state index contributed by atoms with van der Waals surface area (Å²) in [7, 11) is 3.82. The average Bonchev–Trinajstić information content (AvgIpc) is 2.36. The number of nitro groups is 1. The first kappa shape index (κ1) is 15.9. The van der Waals surface area contributed by atoms with Crippen LogP contribution in [0.5, 0.6) is 0 Å². The van der Waals surface area contributed by atoms with Crippen molar-refractivity contribution in [1.82, 2.24) is 10.2 Å². The van der Waals surface area contributed by atoms with Crippen LogP contribution in [0.2, 0.25) is 0 Å². The van der Waals surface area contributed by atoms with Crippen LogP contribution in [0.3, 0.4) is 0 Å². The van der Waals surface area contributed by atoms with Crippen molar-refractivity contribution in [3.63, 3.8) is 0 Å². The van der Waals surface area contributed by atoms with Crippen LogP contribution >= 0.6 is 0 Å². The number of nitrogen functional groups attached to an aromatic ring is 1. The Hall–Kier alpha value is -2.19. The minimum absolute atomic E-state index is 0.0398. The number of hydrogen-bond donors (Lipinski definition) is 3. The molecule has 4 N–H and O–H groups in total. The Morgan fingerprint density at radius 1 is 1.50 bits per heavy atom. The van der Waals surface area contributed by atoms with Crippen molar-refractivity contribution < 1.29 is 9.72 Å². The quantitative estimate of drug-likeness (QED) is 0.399. The minimum Gasteiger partial charge on any atom is -0.348 e. The van der Waals surface area contributed by atoms with Crippen LogP contribution in [-0.2, 0) is 0 Å². The smallest absolute Gasteiger partial charge is 0.293 e. The maximum absolute atomic E-state index is 12.0. The summed E-state index contributed by atoms with van der Waals surface area (Å²) < 4.78 is 0. The SMILES string of the molecule is CC(CN(C)C)NC(=O)c1ccc([N+](=O)[O-])c(NN)c1. The summed E-state index contributed by atoms with van der Waals surface area (Å²) in [6, 6.07) is 3.97. The van der Waals surface area contributed by atoms with Gasteiger partial charge >= 0.3 is 0 Å². The van der Waals surface area contributed by atoms with Crippen LogP contribution in [0.15, 0.2) is 18.2 Å². The van der Waals surface area contributed by atoms with Gasteiger partial charge in [-0.25, -0.2) is 0 Å². The fourth-order valence-electron chi connectivity index (χ4n) is 1.85. The predicted molar refractivity (Wildman–Crippen MR) is 76.4 cm³/mol. The molecule has 0 spiro atoms. The molecule has 20 heavy (non-hydrogen) atoms. The van der Waals surface area contributed by atoms with Crippen molar-refractivity contribution in [3.05, 3.63) is 33.9 Å². The summed E-state index contributed by atoms with van der Waals surface area (Å²) in [5, 5.41) is 13.6. The second-order valence-electron chi connectivity index (χ2n) is 4.77. The molecule has 8 heteroatoms. The monoisotopic (exact) mass is 281 g/mol. The van der Waals surface area contributed by atoms with Crippen molar-refractivity contribution in [1.29, 1.82) is 0 Å². The second-order valence-corrected chi connectivity index (χ2v) is 4.77. The molecule has 0 aliphatic rings. The van der Waals surface area contributed by atoms with Crippen LogP contribution in [-0.4, -0.2) is 42.4 Å². The third-order valence-electron chi connectivity index (χ3n) is 2.63. The zero-order chi connectivity index (χ0) is 15.3. The van der Waals surface area contributed by atoms with E-state index in [1.165, 1.54) is 18.2 Å². The van der Waals surface area contributed by atoms with E-state index in [9.17, 15) is 14.9 Å². The first-order valence-electron chi connectivity index (χ1n) is 6.05. The zero-order valence-corrected chi connectivity index (χ0v) is 11.7. The largest absolute Gasteiger partial charge is 0.348 e. The number of amides is 1. The van der Waals surface area contributed by atoms with E-state index in [1.807, 2.05) is 25.9 Å². The van der Waals surface area contributed by atoms with Crippen molar-refractivity contribution in [2.45, 2.75) is 13.0 Å². The number of hydrogen-bond acceptors (Lipinski definition) is 6. The van der Waals surface area contributed by atoms with E-state index >= 15 is 0 Å². The highest BCUT2D eigenvalue weighted by atomic mass is 16.6. The van der Waals surface area contributed by atoms with E-state index < -0.39 is 4.92 Å². The maximum atomic E-state index is 12.0. The predicted octanol–water partition coefficient (Wildman–Crippen LogP) is 0.560. The average molecular weight is 281 g/mol. The van der Waals surface area contributed by atoms with Gasteiger partial charge in [-0.1, -0.05) is 0 Å². The molecule has 0 aromatic heterocycles. The van der Waals surface area contributed by atoms with Crippen LogP contribution in [0.25, 0.3) is 0 Å². The molecule has 1 aromatic carbocycles. The summed E-state index contributed by atoms with van der Waals surface area (Å²) in [5.74, 6) is 4.93. The van der Waals surface area contributed by atoms with Gasteiger partial charge in [0, 0.05) is 24.2 Å². The first-order chi connectivity index (χ1) is 9.35. The highest BCUT2D eigenvalue weighted by Crippen LogP contribution is 2.24. The molecule has 0 fully saturated rings. The molecule has 0 saturated carbocycles. The lowest BCUT2D eigenvalue weighted by Crippen LogP contribution is -2.39. The van der Waals surface area contributed by atoms with Crippen molar-refractivity contribution in [2.75, 3.05) is 26.1 Å². The molecular formula is C12H19N5O3. The molecule has 1 unspecified atom stereocenters. The van der Waals surface area contributed by atoms with Gasteiger partial charge < -0.3 is 15.6 Å². The third-order valence-corrected chi connectivity index (χ3v) is 2.63. The molecule has 1 amide bonds. The number of anilines is 1. The summed E-state index contributed by atoms with van der Waals surface area (Å²) in [4.78, 5) is 24.2. The van der Waals surface area contributed by atoms with E-state index in [2.05, 4.69) is 10.7 Å². The Kier molecular flexibility index (Phi) is 5.42. The molecule has 0 aliphatic carbocycles. The Labute approximate surface area is 117 Å². The number of rotatable bonds is 6. The molecule has 0 bridgehead atoms. The first-order valence-corrected chi connectivity index (χ1v) is 6.05. The molecule has 110 valence electrons. The van der Waals surface area contributed by atoms with Crippen LogP contribution < -0.4 is 16.6 Å². The highest BCUT2D eigenvalue weighted by Gasteiger charge is 2.17. The van der Waals surface area contributed by atoms with Crippen LogP contribution in [0.4, 0.5) is 11.4 Å². The number of carbonyl (C=O) groups is 1. The van der Waals surface area contributed by atoms with E-state index in [-0.39, 0.29) is 23.3 Å². The lowest BCUT2D eigenvalue weighted by Gasteiger charge is -2.18. The number of nitrogens with zero attached hydrogens (tertiary/aromatic N) is 2. The molecular weight excluding hydrogens is 262 g/mol. The van der Waals surface area contributed by atoms with Crippen LogP contribution in [0.1, 0.15) is 17.3 Å². The topological polar surface area (TPSA) is 114 Å².